The molecule has 0 aromatic heterocycles. The summed E-state index contributed by atoms with van der Waals surface area (Å²) in [6, 6.07) is 8.41. The molecule has 1 aromatic carbocycles. The first-order chi connectivity index (χ1) is 8.15. The van der Waals surface area contributed by atoms with Crippen LogP contribution in [0.2, 0.25) is 0 Å². The number of rotatable bonds is 3. The largest absolute Gasteiger partial charge is 0.488 e. The van der Waals surface area contributed by atoms with Crippen molar-refractivity contribution >= 4 is 5.96 Å². The Hall–Kier alpha value is -1.71. The second-order valence-electron chi connectivity index (χ2n) is 4.58. The van der Waals surface area contributed by atoms with Crippen molar-refractivity contribution in [3.05, 3.63) is 29.8 Å². The fourth-order valence-corrected chi connectivity index (χ4v) is 1.90. The molecule has 0 spiro atoms. The molecule has 0 aliphatic carbocycles. The molecule has 0 amide bonds. The van der Waals surface area contributed by atoms with Crippen molar-refractivity contribution in [3.63, 3.8) is 0 Å². The molecule has 3 N–H and O–H groups in total. The quantitative estimate of drug-likeness (QED) is 0.611. The summed E-state index contributed by atoms with van der Waals surface area (Å²) in [5.74, 6) is 1.46. The lowest BCUT2D eigenvalue weighted by atomic mass is 10.1. The highest BCUT2D eigenvalue weighted by Crippen LogP contribution is 2.27. The van der Waals surface area contributed by atoms with Crippen LogP contribution in [0.3, 0.4) is 0 Å². The van der Waals surface area contributed by atoms with Gasteiger partial charge in [0.2, 0.25) is 0 Å². The van der Waals surface area contributed by atoms with Gasteiger partial charge in [0.05, 0.1) is 6.54 Å². The van der Waals surface area contributed by atoms with Crippen LogP contribution >= 0.6 is 0 Å². The van der Waals surface area contributed by atoms with E-state index in [4.69, 9.17) is 10.5 Å². The van der Waals surface area contributed by atoms with Gasteiger partial charge in [-0.05, 0) is 25.5 Å². The number of benzene rings is 1. The molecule has 1 atom stereocenters. The molecule has 1 aliphatic heterocycles. The third-order valence-corrected chi connectivity index (χ3v) is 2.62. The molecular weight excluding hydrogens is 214 g/mol. The van der Waals surface area contributed by atoms with Crippen LogP contribution in [-0.2, 0) is 6.42 Å². The second-order valence-corrected chi connectivity index (χ2v) is 4.58. The average Bonchev–Trinajstić information content (AvgIpc) is 2.68. The zero-order chi connectivity index (χ0) is 12.3. The Kier molecular flexibility index (Phi) is 3.52. The molecule has 0 fully saturated rings. The maximum absolute atomic E-state index is 5.77. The highest BCUT2D eigenvalue weighted by atomic mass is 16.5. The summed E-state index contributed by atoms with van der Waals surface area (Å²) in [5.41, 5.74) is 6.99. The summed E-state index contributed by atoms with van der Waals surface area (Å²) in [4.78, 5) is 4.29. The fourth-order valence-electron chi connectivity index (χ4n) is 1.90. The van der Waals surface area contributed by atoms with Crippen molar-refractivity contribution in [1.82, 2.24) is 5.32 Å². The molecule has 2 rings (SSSR count). The summed E-state index contributed by atoms with van der Waals surface area (Å²) in [6.07, 6.45) is 1.02. The Morgan fingerprint density at radius 3 is 3.00 bits per heavy atom. The van der Waals surface area contributed by atoms with Crippen LogP contribution in [-0.4, -0.2) is 24.7 Å². The van der Waals surface area contributed by atoms with E-state index in [9.17, 15) is 0 Å². The Balaban J connectivity index is 1.88. The highest BCUT2D eigenvalue weighted by Gasteiger charge is 2.21. The first kappa shape index (κ1) is 11.8. The van der Waals surface area contributed by atoms with E-state index in [1.807, 2.05) is 32.0 Å². The monoisotopic (exact) mass is 233 g/mol. The van der Waals surface area contributed by atoms with Crippen LogP contribution in [0.5, 0.6) is 5.75 Å². The number of para-hydroxylation sites is 1. The number of nitrogens with zero attached hydrogens (tertiary/aromatic N) is 1. The van der Waals surface area contributed by atoms with Crippen LogP contribution in [0.25, 0.3) is 0 Å². The van der Waals surface area contributed by atoms with Crippen molar-refractivity contribution in [2.45, 2.75) is 32.4 Å². The Morgan fingerprint density at radius 1 is 1.53 bits per heavy atom. The normalized spacial score (nSPS) is 19.0. The standard InChI is InChI=1S/C13H19N3O/c1-9(2)16-13(14)15-8-11-7-10-5-3-4-6-12(10)17-11/h3-6,9,11H,7-8H2,1-2H3,(H3,14,15,16). The van der Waals surface area contributed by atoms with E-state index in [0.717, 1.165) is 12.2 Å². The third-order valence-electron chi connectivity index (χ3n) is 2.62. The minimum Gasteiger partial charge on any atom is -0.488 e. The van der Waals surface area contributed by atoms with Gasteiger partial charge in [0.15, 0.2) is 5.96 Å². The minimum absolute atomic E-state index is 0.111. The van der Waals surface area contributed by atoms with Crippen molar-refractivity contribution in [1.29, 1.82) is 0 Å². The summed E-state index contributed by atoms with van der Waals surface area (Å²) in [6.45, 7) is 4.66. The second kappa shape index (κ2) is 5.08. The molecule has 1 aromatic rings. The molecule has 1 heterocycles. The summed E-state index contributed by atoms with van der Waals surface area (Å²) in [5, 5.41) is 3.06. The van der Waals surface area contributed by atoms with Gasteiger partial charge < -0.3 is 15.8 Å². The minimum atomic E-state index is 0.111. The van der Waals surface area contributed by atoms with E-state index in [-0.39, 0.29) is 6.10 Å². The molecular formula is C13H19N3O. The predicted molar refractivity (Wildman–Crippen MR) is 69.3 cm³/mol. The van der Waals surface area contributed by atoms with Crippen LogP contribution in [0, 0.1) is 0 Å². The Morgan fingerprint density at radius 2 is 2.29 bits per heavy atom. The van der Waals surface area contributed by atoms with Crippen molar-refractivity contribution in [2.75, 3.05) is 6.54 Å². The van der Waals surface area contributed by atoms with Gasteiger partial charge in [-0.25, -0.2) is 4.99 Å². The van der Waals surface area contributed by atoms with Gasteiger partial charge >= 0.3 is 0 Å². The maximum Gasteiger partial charge on any atom is 0.188 e. The van der Waals surface area contributed by atoms with E-state index in [2.05, 4.69) is 16.4 Å². The Labute approximate surface area is 102 Å². The predicted octanol–water partition coefficient (Wildman–Crippen LogP) is 1.30. The summed E-state index contributed by atoms with van der Waals surface area (Å²) >= 11 is 0. The molecule has 0 radical (unpaired) electrons. The van der Waals surface area contributed by atoms with E-state index in [1.165, 1.54) is 5.56 Å². The molecule has 4 heteroatoms. The van der Waals surface area contributed by atoms with E-state index >= 15 is 0 Å². The SMILES string of the molecule is CC(C)NC(N)=NCC1Cc2ccccc2O1. The number of guanidine groups is 1. The van der Waals surface area contributed by atoms with Gasteiger partial charge in [-0.15, -0.1) is 0 Å². The summed E-state index contributed by atoms with van der Waals surface area (Å²) < 4.78 is 5.77. The summed E-state index contributed by atoms with van der Waals surface area (Å²) in [7, 11) is 0. The van der Waals surface area contributed by atoms with Crippen LogP contribution in [0.4, 0.5) is 0 Å². The average molecular weight is 233 g/mol. The van der Waals surface area contributed by atoms with E-state index in [0.29, 0.717) is 18.5 Å². The number of hydrogen-bond donors (Lipinski definition) is 2. The lowest BCUT2D eigenvalue weighted by molar-refractivity contribution is 0.241. The van der Waals surface area contributed by atoms with Crippen molar-refractivity contribution < 1.29 is 4.74 Å². The number of nitrogens with two attached hydrogens (primary N) is 1. The number of aliphatic imine (C=N–C) groups is 1. The molecule has 0 saturated carbocycles. The molecule has 92 valence electrons. The van der Waals surface area contributed by atoms with Gasteiger partial charge in [0.1, 0.15) is 11.9 Å². The maximum atomic E-state index is 5.77. The number of ether oxygens (including phenoxy) is 1. The molecule has 4 nitrogen and oxygen atoms in total. The molecule has 17 heavy (non-hydrogen) atoms. The number of hydrogen-bond acceptors (Lipinski definition) is 2. The smallest absolute Gasteiger partial charge is 0.188 e. The van der Waals surface area contributed by atoms with Gasteiger partial charge in [-0.2, -0.15) is 0 Å². The van der Waals surface area contributed by atoms with E-state index in [1.54, 1.807) is 0 Å². The lowest BCUT2D eigenvalue weighted by Crippen LogP contribution is -2.37. The van der Waals surface area contributed by atoms with Crippen LogP contribution < -0.4 is 15.8 Å². The van der Waals surface area contributed by atoms with Gasteiger partial charge in [0, 0.05) is 12.5 Å². The third kappa shape index (κ3) is 3.12. The van der Waals surface area contributed by atoms with Gasteiger partial charge in [-0.3, -0.25) is 0 Å². The molecule has 0 saturated heterocycles. The van der Waals surface area contributed by atoms with Crippen LogP contribution in [0.1, 0.15) is 19.4 Å². The zero-order valence-electron chi connectivity index (χ0n) is 10.3. The highest BCUT2D eigenvalue weighted by molar-refractivity contribution is 5.78. The van der Waals surface area contributed by atoms with Gasteiger partial charge in [-0.1, -0.05) is 18.2 Å². The van der Waals surface area contributed by atoms with Gasteiger partial charge in [0.25, 0.3) is 0 Å². The first-order valence-electron chi connectivity index (χ1n) is 5.96. The zero-order valence-corrected chi connectivity index (χ0v) is 10.3. The topological polar surface area (TPSA) is 59.6 Å². The first-order valence-corrected chi connectivity index (χ1v) is 5.96. The molecule has 0 bridgehead atoms. The van der Waals surface area contributed by atoms with Crippen LogP contribution in [0.15, 0.2) is 29.3 Å². The molecule has 1 unspecified atom stereocenters. The number of fused-ring (bicyclic) bond motifs is 1. The fraction of sp³-hybridized carbons (Fsp3) is 0.462. The van der Waals surface area contributed by atoms with Crippen molar-refractivity contribution in [3.8, 4) is 5.75 Å². The number of nitrogens with one attached hydrogen (secondary N) is 1. The van der Waals surface area contributed by atoms with Crippen molar-refractivity contribution in [2.24, 2.45) is 10.7 Å². The lowest BCUT2D eigenvalue weighted by Gasteiger charge is -2.11. The molecule has 1 aliphatic rings. The Bertz CT molecular complexity index is 390. The van der Waals surface area contributed by atoms with E-state index < -0.39 is 0 Å².